The van der Waals surface area contributed by atoms with Gasteiger partial charge in [-0.15, -0.1) is 0 Å². The first-order valence-electron chi connectivity index (χ1n) is 5.66. The number of unbranched alkanes of at least 4 members (excludes halogenated alkanes) is 1. The third-order valence-electron chi connectivity index (χ3n) is 2.26. The van der Waals surface area contributed by atoms with Crippen molar-refractivity contribution < 1.29 is 13.6 Å². The van der Waals surface area contributed by atoms with Crippen molar-refractivity contribution in [3.63, 3.8) is 0 Å². The van der Waals surface area contributed by atoms with E-state index >= 15 is 0 Å². The number of carbonyl (C=O) groups excluding carboxylic acids is 1. The fourth-order valence-electron chi connectivity index (χ4n) is 1.36. The molecule has 0 saturated carbocycles. The summed E-state index contributed by atoms with van der Waals surface area (Å²) < 4.78 is 24.2. The van der Waals surface area contributed by atoms with Crippen LogP contribution in [0.4, 0.5) is 8.78 Å². The van der Waals surface area contributed by atoms with Crippen LogP contribution in [0, 0.1) is 0 Å². The van der Waals surface area contributed by atoms with Gasteiger partial charge in [0, 0.05) is 17.0 Å². The number of carbonyl (C=O) groups is 1. The summed E-state index contributed by atoms with van der Waals surface area (Å²) >= 11 is 0.464. The Morgan fingerprint density at radius 3 is 2.50 bits per heavy atom. The molecule has 18 heavy (non-hydrogen) atoms. The summed E-state index contributed by atoms with van der Waals surface area (Å²) in [5.41, 5.74) is 5.81. The zero-order valence-corrected chi connectivity index (χ0v) is 10.7. The first kappa shape index (κ1) is 14.9. The number of hydrogen-bond acceptors (Lipinski definition) is 3. The Hall–Kier alpha value is -1.14. The topological polar surface area (TPSA) is 55.1 Å². The Morgan fingerprint density at radius 1 is 1.28 bits per heavy atom. The lowest BCUT2D eigenvalue weighted by atomic mass is 10.2. The maximum Gasteiger partial charge on any atom is 0.288 e. The number of thioether (sulfide) groups is 1. The number of rotatable bonds is 7. The fraction of sp³-hybridized carbons (Fsp3) is 0.417. The van der Waals surface area contributed by atoms with Crippen molar-refractivity contribution >= 4 is 17.7 Å². The van der Waals surface area contributed by atoms with Gasteiger partial charge in [-0.3, -0.25) is 4.79 Å². The summed E-state index contributed by atoms with van der Waals surface area (Å²) in [6.07, 6.45) is 1.70. The highest BCUT2D eigenvalue weighted by Gasteiger charge is 2.07. The predicted octanol–water partition coefficient (Wildman–Crippen LogP) is 2.47. The van der Waals surface area contributed by atoms with Crippen molar-refractivity contribution in [3.05, 3.63) is 29.8 Å². The summed E-state index contributed by atoms with van der Waals surface area (Å²) in [5, 5.41) is 2.74. The monoisotopic (exact) mass is 274 g/mol. The molecule has 0 atom stereocenters. The number of nitrogens with two attached hydrogens (primary N) is 1. The Morgan fingerprint density at radius 2 is 1.94 bits per heavy atom. The molecular weight excluding hydrogens is 258 g/mol. The molecule has 0 heterocycles. The highest BCUT2D eigenvalue weighted by atomic mass is 32.2. The van der Waals surface area contributed by atoms with Gasteiger partial charge in [-0.2, -0.15) is 8.78 Å². The van der Waals surface area contributed by atoms with Crippen LogP contribution in [0.1, 0.15) is 23.2 Å². The summed E-state index contributed by atoms with van der Waals surface area (Å²) in [4.78, 5) is 12.1. The van der Waals surface area contributed by atoms with E-state index in [0.29, 0.717) is 35.3 Å². The number of alkyl halides is 2. The van der Waals surface area contributed by atoms with Gasteiger partial charge >= 0.3 is 0 Å². The second-order valence-electron chi connectivity index (χ2n) is 3.65. The van der Waals surface area contributed by atoms with Crippen molar-refractivity contribution in [2.45, 2.75) is 23.5 Å². The highest BCUT2D eigenvalue weighted by Crippen LogP contribution is 2.24. The molecule has 1 amide bonds. The van der Waals surface area contributed by atoms with Gasteiger partial charge in [-0.1, -0.05) is 11.8 Å². The van der Waals surface area contributed by atoms with Gasteiger partial charge in [0.1, 0.15) is 0 Å². The minimum absolute atomic E-state index is 0.194. The molecule has 0 aromatic heterocycles. The van der Waals surface area contributed by atoms with Crippen LogP contribution >= 0.6 is 11.8 Å². The molecule has 3 nitrogen and oxygen atoms in total. The minimum Gasteiger partial charge on any atom is -0.352 e. The molecule has 0 unspecified atom stereocenters. The normalized spacial score (nSPS) is 10.7. The lowest BCUT2D eigenvalue weighted by Crippen LogP contribution is -2.24. The van der Waals surface area contributed by atoms with E-state index in [1.165, 1.54) is 12.1 Å². The van der Waals surface area contributed by atoms with Crippen LogP contribution in [0.5, 0.6) is 0 Å². The molecular formula is C12H16F2N2OS. The molecule has 1 aromatic carbocycles. The van der Waals surface area contributed by atoms with Crippen molar-refractivity contribution in [2.24, 2.45) is 5.73 Å². The Bertz CT molecular complexity index is 371. The maximum atomic E-state index is 12.1. The number of benzene rings is 1. The Balaban J connectivity index is 2.43. The number of amides is 1. The van der Waals surface area contributed by atoms with E-state index in [1.54, 1.807) is 12.1 Å². The highest BCUT2D eigenvalue weighted by molar-refractivity contribution is 7.99. The van der Waals surface area contributed by atoms with Crippen LogP contribution in [0.3, 0.4) is 0 Å². The number of hydrogen-bond donors (Lipinski definition) is 2. The molecule has 0 radical (unpaired) electrons. The number of nitrogens with one attached hydrogen (secondary N) is 1. The average molecular weight is 274 g/mol. The third-order valence-corrected chi connectivity index (χ3v) is 2.98. The van der Waals surface area contributed by atoms with E-state index in [1.807, 2.05) is 0 Å². The maximum absolute atomic E-state index is 12.1. The van der Waals surface area contributed by atoms with E-state index in [2.05, 4.69) is 5.32 Å². The largest absolute Gasteiger partial charge is 0.352 e. The lowest BCUT2D eigenvalue weighted by molar-refractivity contribution is 0.0953. The SMILES string of the molecule is NCCCCNC(=O)c1ccc(SC(F)F)cc1. The molecule has 0 aliphatic heterocycles. The second-order valence-corrected chi connectivity index (χ2v) is 4.72. The summed E-state index contributed by atoms with van der Waals surface area (Å²) in [7, 11) is 0. The summed E-state index contributed by atoms with van der Waals surface area (Å²) in [6, 6.07) is 6.13. The van der Waals surface area contributed by atoms with Gasteiger partial charge in [-0.05, 0) is 43.7 Å². The molecule has 1 rings (SSSR count). The molecule has 0 fully saturated rings. The molecule has 1 aromatic rings. The van der Waals surface area contributed by atoms with Crippen LogP contribution in [0.2, 0.25) is 0 Å². The number of halogens is 2. The molecule has 0 aliphatic rings. The van der Waals surface area contributed by atoms with Crippen LogP contribution < -0.4 is 11.1 Å². The zero-order valence-electron chi connectivity index (χ0n) is 9.86. The van der Waals surface area contributed by atoms with Gasteiger partial charge in [-0.25, -0.2) is 0 Å². The summed E-state index contributed by atoms with van der Waals surface area (Å²) in [5.74, 6) is -2.64. The van der Waals surface area contributed by atoms with E-state index in [0.717, 1.165) is 12.8 Å². The average Bonchev–Trinajstić information content (AvgIpc) is 2.34. The molecule has 100 valence electrons. The standard InChI is InChI=1S/C12H16F2N2OS/c13-12(14)18-10-5-3-9(4-6-10)11(17)16-8-2-1-7-15/h3-6,12H,1-2,7-8,15H2,(H,16,17). The first-order valence-corrected chi connectivity index (χ1v) is 6.54. The van der Waals surface area contributed by atoms with Crippen molar-refractivity contribution in [2.75, 3.05) is 13.1 Å². The Labute approximate surface area is 109 Å². The lowest BCUT2D eigenvalue weighted by Gasteiger charge is -2.05. The second kappa shape index (κ2) is 8.05. The first-order chi connectivity index (χ1) is 8.63. The molecule has 0 bridgehead atoms. The Kier molecular flexibility index (Phi) is 6.67. The quantitative estimate of drug-likeness (QED) is 0.593. The van der Waals surface area contributed by atoms with Crippen LogP contribution in [0.15, 0.2) is 29.2 Å². The van der Waals surface area contributed by atoms with E-state index < -0.39 is 5.76 Å². The molecule has 3 N–H and O–H groups in total. The van der Waals surface area contributed by atoms with Crippen LogP contribution in [0.25, 0.3) is 0 Å². The third kappa shape index (κ3) is 5.46. The smallest absolute Gasteiger partial charge is 0.288 e. The molecule has 0 spiro atoms. The van der Waals surface area contributed by atoms with E-state index in [-0.39, 0.29) is 5.91 Å². The van der Waals surface area contributed by atoms with Crippen molar-refractivity contribution in [1.82, 2.24) is 5.32 Å². The van der Waals surface area contributed by atoms with Gasteiger partial charge < -0.3 is 11.1 Å². The van der Waals surface area contributed by atoms with Crippen molar-refractivity contribution in [1.29, 1.82) is 0 Å². The van der Waals surface area contributed by atoms with Crippen LogP contribution in [-0.4, -0.2) is 24.8 Å². The van der Waals surface area contributed by atoms with E-state index in [4.69, 9.17) is 5.73 Å². The fourth-order valence-corrected chi connectivity index (χ4v) is 1.86. The predicted molar refractivity (Wildman–Crippen MR) is 68.9 cm³/mol. The molecule has 6 heteroatoms. The van der Waals surface area contributed by atoms with E-state index in [9.17, 15) is 13.6 Å². The van der Waals surface area contributed by atoms with Crippen molar-refractivity contribution in [3.8, 4) is 0 Å². The van der Waals surface area contributed by atoms with Crippen LogP contribution in [-0.2, 0) is 0 Å². The zero-order chi connectivity index (χ0) is 13.4. The van der Waals surface area contributed by atoms with Gasteiger partial charge in [0.15, 0.2) is 0 Å². The van der Waals surface area contributed by atoms with Gasteiger partial charge in [0.05, 0.1) is 0 Å². The van der Waals surface area contributed by atoms with Gasteiger partial charge in [0.25, 0.3) is 11.7 Å². The van der Waals surface area contributed by atoms with Gasteiger partial charge in [0.2, 0.25) is 0 Å². The molecule has 0 saturated heterocycles. The minimum atomic E-state index is -2.44. The summed E-state index contributed by atoms with van der Waals surface area (Å²) in [6.45, 7) is 1.18. The molecule has 0 aliphatic carbocycles.